The Hall–Kier alpha value is -2.73. The number of carboxylic acid groups (broad SMARTS) is 1. The van der Waals surface area contributed by atoms with Gasteiger partial charge in [-0.05, 0) is 18.6 Å². The van der Waals surface area contributed by atoms with Crippen LogP contribution in [0.5, 0.6) is 0 Å². The maximum Gasteiger partial charge on any atom is 0.407 e. The van der Waals surface area contributed by atoms with Crippen molar-refractivity contribution < 1.29 is 23.8 Å². The van der Waals surface area contributed by atoms with Gasteiger partial charge in [0.1, 0.15) is 11.9 Å². The number of rotatable bonds is 3. The Morgan fingerprint density at radius 2 is 2.00 bits per heavy atom. The second-order valence-corrected chi connectivity index (χ2v) is 5.98. The summed E-state index contributed by atoms with van der Waals surface area (Å²) in [5.41, 5.74) is 1.97. The number of hydrogen-bond donors (Lipinski definition) is 1. The van der Waals surface area contributed by atoms with Crippen molar-refractivity contribution in [3.63, 3.8) is 0 Å². The molecule has 1 atom stereocenters. The number of benzene rings is 2. The third-order valence-electron chi connectivity index (χ3n) is 4.22. The maximum absolute atomic E-state index is 14.5. The van der Waals surface area contributed by atoms with E-state index < -0.39 is 23.8 Å². The van der Waals surface area contributed by atoms with E-state index in [4.69, 9.17) is 9.84 Å². The van der Waals surface area contributed by atoms with E-state index >= 15 is 0 Å². The Morgan fingerprint density at radius 3 is 2.72 bits per heavy atom. The normalized spacial score (nSPS) is 17.4. The standard InChI is InChI=1S/C19H18FNO4/c1-12-4-2-5-13(10-12)17-14(6-3-7-15(17)20)18(22)16-11-21(19(23)24)8-9-25-16/h2-7,10,16H,8-9,11H2,1H3,(H,23,24). The molecule has 3 rings (SSSR count). The molecule has 2 aromatic rings. The van der Waals surface area contributed by atoms with Crippen molar-refractivity contribution in [2.45, 2.75) is 13.0 Å². The summed E-state index contributed by atoms with van der Waals surface area (Å²) in [7, 11) is 0. The van der Waals surface area contributed by atoms with Gasteiger partial charge < -0.3 is 14.7 Å². The number of nitrogens with zero attached hydrogens (tertiary/aromatic N) is 1. The van der Waals surface area contributed by atoms with Gasteiger partial charge in [-0.15, -0.1) is 0 Å². The number of hydrogen-bond acceptors (Lipinski definition) is 3. The van der Waals surface area contributed by atoms with Crippen molar-refractivity contribution in [2.24, 2.45) is 0 Å². The van der Waals surface area contributed by atoms with Crippen LogP contribution in [0.15, 0.2) is 42.5 Å². The zero-order chi connectivity index (χ0) is 18.0. The smallest absolute Gasteiger partial charge is 0.407 e. The molecular weight excluding hydrogens is 325 g/mol. The zero-order valence-corrected chi connectivity index (χ0v) is 13.7. The Labute approximate surface area is 144 Å². The third-order valence-corrected chi connectivity index (χ3v) is 4.22. The molecule has 1 unspecified atom stereocenters. The number of morpholine rings is 1. The molecule has 1 saturated heterocycles. The van der Waals surface area contributed by atoms with Gasteiger partial charge in [0.05, 0.1) is 13.2 Å². The molecular formula is C19H18FNO4. The van der Waals surface area contributed by atoms with Gasteiger partial charge in [-0.2, -0.15) is 0 Å². The van der Waals surface area contributed by atoms with Crippen molar-refractivity contribution in [3.05, 3.63) is 59.4 Å². The molecule has 1 heterocycles. The van der Waals surface area contributed by atoms with Gasteiger partial charge in [-0.3, -0.25) is 4.79 Å². The summed E-state index contributed by atoms with van der Waals surface area (Å²) in [6.07, 6.45) is -2.03. The van der Waals surface area contributed by atoms with Crippen LogP contribution >= 0.6 is 0 Å². The summed E-state index contributed by atoms with van der Waals surface area (Å²) in [4.78, 5) is 25.2. The number of aryl methyl sites for hydroxylation is 1. The van der Waals surface area contributed by atoms with Gasteiger partial charge in [-0.1, -0.05) is 42.0 Å². The van der Waals surface area contributed by atoms with E-state index in [9.17, 15) is 14.0 Å². The number of ether oxygens (including phenoxy) is 1. The first-order valence-corrected chi connectivity index (χ1v) is 7.96. The molecule has 2 aromatic carbocycles. The summed E-state index contributed by atoms with van der Waals surface area (Å²) in [6, 6.07) is 11.6. The van der Waals surface area contributed by atoms with E-state index in [0.717, 1.165) is 10.5 Å². The van der Waals surface area contributed by atoms with Gasteiger partial charge in [0.25, 0.3) is 0 Å². The largest absolute Gasteiger partial charge is 0.465 e. The number of ketones is 1. The lowest BCUT2D eigenvalue weighted by atomic mass is 9.93. The minimum absolute atomic E-state index is 0.0576. The number of carbonyl (C=O) groups excluding carboxylic acids is 1. The van der Waals surface area contributed by atoms with E-state index in [1.165, 1.54) is 12.1 Å². The number of amides is 1. The minimum Gasteiger partial charge on any atom is -0.465 e. The Kier molecular flexibility index (Phi) is 4.81. The van der Waals surface area contributed by atoms with Crippen LogP contribution in [0.25, 0.3) is 11.1 Å². The molecule has 0 aliphatic carbocycles. The third kappa shape index (κ3) is 3.53. The second kappa shape index (κ2) is 7.03. The highest BCUT2D eigenvalue weighted by Gasteiger charge is 2.31. The van der Waals surface area contributed by atoms with Crippen molar-refractivity contribution >= 4 is 11.9 Å². The molecule has 130 valence electrons. The lowest BCUT2D eigenvalue weighted by Gasteiger charge is -2.30. The molecule has 0 bridgehead atoms. The molecule has 6 heteroatoms. The van der Waals surface area contributed by atoms with Crippen LogP contribution in [0, 0.1) is 12.7 Å². The molecule has 1 fully saturated rings. The fraction of sp³-hybridized carbons (Fsp3) is 0.263. The number of Topliss-reactive ketones (excluding diaryl/α,β-unsaturated/α-hetero) is 1. The summed E-state index contributed by atoms with van der Waals surface area (Å²) in [5, 5.41) is 9.11. The molecule has 5 nitrogen and oxygen atoms in total. The molecule has 1 aliphatic heterocycles. The van der Waals surface area contributed by atoms with Gasteiger partial charge in [0.15, 0.2) is 5.78 Å². The van der Waals surface area contributed by atoms with Crippen LogP contribution in [0.3, 0.4) is 0 Å². The second-order valence-electron chi connectivity index (χ2n) is 5.98. The van der Waals surface area contributed by atoms with E-state index in [0.29, 0.717) is 5.56 Å². The van der Waals surface area contributed by atoms with Crippen LogP contribution in [0.2, 0.25) is 0 Å². The zero-order valence-electron chi connectivity index (χ0n) is 13.7. The highest BCUT2D eigenvalue weighted by atomic mass is 19.1. The van der Waals surface area contributed by atoms with E-state index in [1.54, 1.807) is 24.3 Å². The molecule has 0 radical (unpaired) electrons. The highest BCUT2D eigenvalue weighted by Crippen LogP contribution is 2.29. The predicted molar refractivity (Wildman–Crippen MR) is 90.2 cm³/mol. The first-order valence-electron chi connectivity index (χ1n) is 7.96. The van der Waals surface area contributed by atoms with Crippen LogP contribution in [0.1, 0.15) is 15.9 Å². The quantitative estimate of drug-likeness (QED) is 0.868. The molecule has 1 amide bonds. The van der Waals surface area contributed by atoms with Crippen LogP contribution < -0.4 is 0 Å². The molecule has 0 spiro atoms. The topological polar surface area (TPSA) is 66.8 Å². The highest BCUT2D eigenvalue weighted by molar-refractivity contribution is 6.05. The minimum atomic E-state index is -1.10. The first-order chi connectivity index (χ1) is 12.0. The monoisotopic (exact) mass is 343 g/mol. The Bertz CT molecular complexity index is 821. The Balaban J connectivity index is 1.98. The van der Waals surface area contributed by atoms with Gasteiger partial charge >= 0.3 is 6.09 Å². The molecule has 25 heavy (non-hydrogen) atoms. The molecule has 0 aromatic heterocycles. The maximum atomic E-state index is 14.5. The summed E-state index contributed by atoms with van der Waals surface area (Å²) in [6.45, 7) is 2.18. The van der Waals surface area contributed by atoms with Crippen LogP contribution in [0.4, 0.5) is 9.18 Å². The van der Waals surface area contributed by atoms with Crippen molar-refractivity contribution in [3.8, 4) is 11.1 Å². The Morgan fingerprint density at radius 1 is 1.24 bits per heavy atom. The average molecular weight is 343 g/mol. The van der Waals surface area contributed by atoms with E-state index in [2.05, 4.69) is 0 Å². The van der Waals surface area contributed by atoms with Crippen LogP contribution in [-0.2, 0) is 4.74 Å². The first kappa shape index (κ1) is 17.1. The van der Waals surface area contributed by atoms with Crippen molar-refractivity contribution in [1.29, 1.82) is 0 Å². The van der Waals surface area contributed by atoms with Crippen molar-refractivity contribution in [2.75, 3.05) is 19.7 Å². The SMILES string of the molecule is Cc1cccc(-c2c(F)cccc2C(=O)C2CN(C(=O)O)CCO2)c1. The van der Waals surface area contributed by atoms with E-state index in [-0.39, 0.29) is 30.8 Å². The summed E-state index contributed by atoms with van der Waals surface area (Å²) in [5.74, 6) is -0.913. The fourth-order valence-electron chi connectivity index (χ4n) is 2.98. The van der Waals surface area contributed by atoms with Crippen LogP contribution in [-0.4, -0.2) is 47.7 Å². The molecule has 1 aliphatic rings. The van der Waals surface area contributed by atoms with Gasteiger partial charge in [-0.25, -0.2) is 9.18 Å². The van der Waals surface area contributed by atoms with Crippen molar-refractivity contribution in [1.82, 2.24) is 4.90 Å². The fourth-order valence-corrected chi connectivity index (χ4v) is 2.98. The summed E-state index contributed by atoms with van der Waals surface area (Å²) < 4.78 is 20.0. The average Bonchev–Trinajstić information content (AvgIpc) is 2.61. The predicted octanol–water partition coefficient (Wildman–Crippen LogP) is 3.36. The number of halogens is 1. The molecule has 0 saturated carbocycles. The molecule has 1 N–H and O–H groups in total. The lowest BCUT2D eigenvalue weighted by Crippen LogP contribution is -2.48. The number of carbonyl (C=O) groups is 2. The van der Waals surface area contributed by atoms with Gasteiger partial charge in [0, 0.05) is 17.7 Å². The summed E-state index contributed by atoms with van der Waals surface area (Å²) >= 11 is 0. The van der Waals surface area contributed by atoms with E-state index in [1.807, 2.05) is 13.0 Å². The van der Waals surface area contributed by atoms with Gasteiger partial charge in [0.2, 0.25) is 0 Å². The lowest BCUT2D eigenvalue weighted by molar-refractivity contribution is -0.0111.